The maximum Gasteiger partial charge on any atom is 0.256 e. The minimum absolute atomic E-state index is 0. The first-order chi connectivity index (χ1) is 32.7. The molecule has 8 atom stereocenters. The number of morpholine rings is 1. The molecular formula is C43H50N16O9. The van der Waals surface area contributed by atoms with Gasteiger partial charge in [-0.2, -0.15) is 29.3 Å². The number of hydrogen-bond donors (Lipinski definition) is 7. The summed E-state index contributed by atoms with van der Waals surface area (Å²) in [6.07, 6.45) is -2.43. The largest absolute Gasteiger partial charge is 0.394 e. The van der Waals surface area contributed by atoms with Crippen LogP contribution in [0.25, 0.3) is 45.5 Å². The molecule has 11 rings (SSSR count). The molecule has 8 aromatic rings. The van der Waals surface area contributed by atoms with Gasteiger partial charge in [0.15, 0.2) is 46.4 Å². The van der Waals surface area contributed by atoms with Crippen molar-refractivity contribution in [1.82, 2.24) is 69.0 Å². The van der Waals surface area contributed by atoms with Gasteiger partial charge in [0.05, 0.1) is 57.2 Å². The standard InChI is InChI=1S/C25H24N8O4.C17H22N8O5.CH4/c34-13-18-20(35)21(36)24(37-18)32-14-27-19-22(26-11-15-7-3-1-4-8-15)28-25(29-23(19)32)33-12-17(30-31-33)16-9-5-2-6-10-16;1-9-6-25(22-21-9)17-19-14(23-2-4-29-5-3-23)11-15(20-17)24(8-18-11)16-13(28)12(27)10(7-26)30-16;/h1-10,12,14,18,20-21,24,34-36H,11,13H2,(H,26,28,29);6,8,10,12-13,16,26-28H,2-5,7H2,1H3;1H4/t18-,20?,21+,24-;10-,12?,13+,16-;/m11./s1. The second-order valence-electron chi connectivity index (χ2n) is 16.0. The Balaban J connectivity index is 0.000000171. The Morgan fingerprint density at radius 3 is 1.81 bits per heavy atom. The monoisotopic (exact) mass is 934 g/mol. The molecule has 0 spiro atoms. The number of benzene rings is 2. The molecule has 9 heterocycles. The molecule has 356 valence electrons. The smallest absolute Gasteiger partial charge is 0.256 e. The zero-order valence-corrected chi connectivity index (χ0v) is 35.8. The molecule has 2 unspecified atom stereocenters. The maximum atomic E-state index is 10.6. The Morgan fingerprint density at radius 2 is 1.22 bits per heavy atom. The number of aryl methyl sites for hydroxylation is 1. The van der Waals surface area contributed by atoms with Gasteiger partial charge in [0.2, 0.25) is 0 Å². The molecule has 0 saturated carbocycles. The molecule has 68 heavy (non-hydrogen) atoms. The number of hydrogen-bond acceptors (Lipinski definition) is 21. The Morgan fingerprint density at radius 1 is 0.662 bits per heavy atom. The number of nitrogens with zero attached hydrogens (tertiary/aromatic N) is 15. The lowest BCUT2D eigenvalue weighted by Gasteiger charge is -2.28. The van der Waals surface area contributed by atoms with E-state index in [1.54, 1.807) is 12.4 Å². The van der Waals surface area contributed by atoms with Crippen molar-refractivity contribution in [1.29, 1.82) is 0 Å². The van der Waals surface area contributed by atoms with E-state index >= 15 is 0 Å². The van der Waals surface area contributed by atoms with E-state index in [-0.39, 0.29) is 19.3 Å². The van der Waals surface area contributed by atoms with E-state index in [1.807, 2.05) is 67.6 Å². The van der Waals surface area contributed by atoms with Crippen LogP contribution >= 0.6 is 0 Å². The van der Waals surface area contributed by atoms with Crippen LogP contribution in [0.1, 0.15) is 31.1 Å². The number of anilines is 2. The number of nitrogens with one attached hydrogen (secondary N) is 1. The third kappa shape index (κ3) is 8.84. The molecule has 3 aliphatic rings. The van der Waals surface area contributed by atoms with Crippen molar-refractivity contribution in [2.45, 2.75) is 70.0 Å². The third-order valence-electron chi connectivity index (χ3n) is 11.6. The van der Waals surface area contributed by atoms with Crippen molar-refractivity contribution >= 4 is 34.0 Å². The predicted octanol–water partition coefficient (Wildman–Crippen LogP) is 0.0972. The summed E-state index contributed by atoms with van der Waals surface area (Å²) in [4.78, 5) is 29.6. The predicted molar refractivity (Wildman–Crippen MR) is 240 cm³/mol. The van der Waals surface area contributed by atoms with Crippen LogP contribution in [-0.4, -0.2) is 176 Å². The number of ether oxygens (including phenoxy) is 3. The lowest BCUT2D eigenvalue weighted by Crippen LogP contribution is -2.37. The molecule has 0 radical (unpaired) electrons. The van der Waals surface area contributed by atoms with E-state index in [2.05, 4.69) is 60.7 Å². The molecule has 3 fully saturated rings. The molecular weight excluding hydrogens is 885 g/mol. The van der Waals surface area contributed by atoms with Gasteiger partial charge < -0.3 is 55.1 Å². The van der Waals surface area contributed by atoms with Gasteiger partial charge in [-0.1, -0.05) is 78.5 Å². The summed E-state index contributed by atoms with van der Waals surface area (Å²) in [5.41, 5.74) is 5.04. The van der Waals surface area contributed by atoms with Crippen LogP contribution in [-0.2, 0) is 20.8 Å². The second kappa shape index (κ2) is 19.7. The SMILES string of the molecule is C.Cc1cn(-c2nc(N3CCOCC3)c3ncn([C@@H]4O[C@H](CO)C(O)[C@@H]4O)c3n2)nn1.OC[C@H]1O[C@@H](n2cnc3c(NCc4ccccc4)nc(-n4cc(-c5ccccc5)nn4)nc32)[C@@H](O)C1O. The molecule has 2 aromatic carbocycles. The Kier molecular flexibility index (Phi) is 13.4. The summed E-state index contributed by atoms with van der Waals surface area (Å²) < 4.78 is 22.8. The third-order valence-corrected chi connectivity index (χ3v) is 11.6. The lowest BCUT2D eigenvalue weighted by atomic mass is 10.1. The molecule has 0 amide bonds. The van der Waals surface area contributed by atoms with E-state index in [9.17, 15) is 30.6 Å². The number of aliphatic hydroxyl groups excluding tert-OH is 6. The van der Waals surface area contributed by atoms with Crippen molar-refractivity contribution in [3.05, 3.63) is 97.0 Å². The second-order valence-corrected chi connectivity index (χ2v) is 16.0. The summed E-state index contributed by atoms with van der Waals surface area (Å²) >= 11 is 0. The fraction of sp³-hybridized carbons (Fsp3) is 0.395. The highest BCUT2D eigenvalue weighted by molar-refractivity contribution is 5.85. The van der Waals surface area contributed by atoms with E-state index in [4.69, 9.17) is 14.2 Å². The van der Waals surface area contributed by atoms with Crippen LogP contribution in [0, 0.1) is 6.92 Å². The van der Waals surface area contributed by atoms with Gasteiger partial charge in [-0.05, 0) is 12.5 Å². The van der Waals surface area contributed by atoms with Crippen molar-refractivity contribution in [3.63, 3.8) is 0 Å². The first kappa shape index (κ1) is 46.2. The van der Waals surface area contributed by atoms with Gasteiger partial charge in [-0.3, -0.25) is 9.13 Å². The van der Waals surface area contributed by atoms with Crippen LogP contribution in [0.5, 0.6) is 0 Å². The maximum absolute atomic E-state index is 10.6. The minimum atomic E-state index is -1.29. The first-order valence-corrected chi connectivity index (χ1v) is 21.4. The molecule has 0 aliphatic carbocycles. The highest BCUT2D eigenvalue weighted by Gasteiger charge is 2.45. The highest BCUT2D eigenvalue weighted by atomic mass is 16.6. The van der Waals surface area contributed by atoms with Gasteiger partial charge in [-0.25, -0.2) is 9.97 Å². The van der Waals surface area contributed by atoms with Gasteiger partial charge >= 0.3 is 0 Å². The topological polar surface area (TPSA) is 313 Å². The Hall–Kier alpha value is -6.94. The first-order valence-electron chi connectivity index (χ1n) is 21.4. The average Bonchev–Trinajstić information content (AvgIpc) is 4.25. The van der Waals surface area contributed by atoms with Crippen molar-refractivity contribution in [2.75, 3.05) is 49.7 Å². The minimum Gasteiger partial charge on any atom is -0.394 e. The molecule has 3 saturated heterocycles. The van der Waals surface area contributed by atoms with Crippen molar-refractivity contribution in [3.8, 4) is 23.2 Å². The number of fused-ring (bicyclic) bond motifs is 2. The zero-order valence-electron chi connectivity index (χ0n) is 35.8. The highest BCUT2D eigenvalue weighted by Crippen LogP contribution is 2.35. The van der Waals surface area contributed by atoms with Gasteiger partial charge in [0.25, 0.3) is 11.9 Å². The fourth-order valence-corrected chi connectivity index (χ4v) is 8.04. The van der Waals surface area contributed by atoms with Crippen LogP contribution in [0.4, 0.5) is 11.6 Å². The van der Waals surface area contributed by atoms with Crippen LogP contribution in [0.3, 0.4) is 0 Å². The number of aliphatic hydroxyl groups is 6. The molecule has 25 heteroatoms. The van der Waals surface area contributed by atoms with Crippen LogP contribution in [0.15, 0.2) is 85.7 Å². The van der Waals surface area contributed by atoms with Crippen LogP contribution < -0.4 is 10.2 Å². The molecule has 6 aromatic heterocycles. The van der Waals surface area contributed by atoms with Crippen LogP contribution in [0.2, 0.25) is 0 Å². The molecule has 3 aliphatic heterocycles. The molecule has 7 N–H and O–H groups in total. The summed E-state index contributed by atoms with van der Waals surface area (Å²) in [5, 5.41) is 80.3. The summed E-state index contributed by atoms with van der Waals surface area (Å²) in [5.74, 6) is 1.58. The Bertz CT molecular complexity index is 2950. The fourth-order valence-electron chi connectivity index (χ4n) is 8.04. The normalized spacial score (nSPS) is 23.7. The number of imidazole rings is 2. The molecule has 25 nitrogen and oxygen atoms in total. The number of aromatic nitrogens is 14. The Labute approximate surface area is 386 Å². The van der Waals surface area contributed by atoms with E-state index in [0.29, 0.717) is 78.2 Å². The van der Waals surface area contributed by atoms with E-state index < -0.39 is 62.3 Å². The number of rotatable bonds is 11. The molecule has 0 bridgehead atoms. The quantitative estimate of drug-likeness (QED) is 0.0904. The summed E-state index contributed by atoms with van der Waals surface area (Å²) in [6.45, 7) is 3.86. The van der Waals surface area contributed by atoms with Gasteiger partial charge in [0.1, 0.15) is 42.3 Å². The van der Waals surface area contributed by atoms with E-state index in [1.165, 1.54) is 31.2 Å². The van der Waals surface area contributed by atoms with Crippen molar-refractivity contribution < 1.29 is 44.8 Å². The summed E-state index contributed by atoms with van der Waals surface area (Å²) in [6, 6.07) is 19.5. The van der Waals surface area contributed by atoms with Gasteiger partial charge in [-0.15, -0.1) is 10.2 Å². The average molecular weight is 935 g/mol. The zero-order chi connectivity index (χ0) is 46.2. The van der Waals surface area contributed by atoms with Gasteiger partial charge in [0, 0.05) is 25.2 Å². The van der Waals surface area contributed by atoms with Crippen molar-refractivity contribution in [2.24, 2.45) is 0 Å². The summed E-state index contributed by atoms with van der Waals surface area (Å²) in [7, 11) is 0. The lowest BCUT2D eigenvalue weighted by molar-refractivity contribution is -0.0511. The van der Waals surface area contributed by atoms with E-state index in [0.717, 1.165) is 11.1 Å².